The first-order chi connectivity index (χ1) is 10.4. The van der Waals surface area contributed by atoms with Gasteiger partial charge in [0.2, 0.25) is 0 Å². The maximum absolute atomic E-state index is 13.1. The second kappa shape index (κ2) is 5.74. The molecule has 1 atom stereocenters. The number of fused-ring (bicyclic) bond motifs is 1. The highest BCUT2D eigenvalue weighted by Gasteiger charge is 2.48. The highest BCUT2D eigenvalue weighted by atomic mass is 79.9. The zero-order valence-corrected chi connectivity index (χ0v) is 14.1. The highest BCUT2D eigenvalue weighted by molar-refractivity contribution is 9.10. The Morgan fingerprint density at radius 3 is 2.39 bits per heavy atom. The fraction of sp³-hybridized carbons (Fsp3) is 0.400. The molecule has 1 aliphatic heterocycles. The Bertz CT molecular complexity index is 675. The van der Waals surface area contributed by atoms with Crippen LogP contribution >= 0.6 is 15.9 Å². The van der Waals surface area contributed by atoms with Crippen LogP contribution in [0.1, 0.15) is 31.9 Å². The Balaban J connectivity index is 2.56. The minimum Gasteiger partial charge on any atom is -0.472 e. The summed E-state index contributed by atoms with van der Waals surface area (Å²) < 4.78 is 49.2. The van der Waals surface area contributed by atoms with Gasteiger partial charge in [0.1, 0.15) is 5.75 Å². The topological polar surface area (TPSA) is 55.8 Å². The van der Waals surface area contributed by atoms with E-state index in [4.69, 9.17) is 9.84 Å². The molecule has 126 valence electrons. The number of carbonyl (C=O) groups is 1. The third-order valence-corrected chi connectivity index (χ3v) is 3.87. The van der Waals surface area contributed by atoms with E-state index in [2.05, 4.69) is 20.7 Å². The van der Waals surface area contributed by atoms with Gasteiger partial charge in [0.05, 0.1) is 0 Å². The van der Waals surface area contributed by atoms with Crippen molar-refractivity contribution in [3.8, 4) is 5.75 Å². The average molecular weight is 395 g/mol. The van der Waals surface area contributed by atoms with Crippen LogP contribution in [-0.2, 0) is 10.2 Å². The Hall–Kier alpha value is -1.70. The summed E-state index contributed by atoms with van der Waals surface area (Å²) >= 11 is 3.37. The van der Waals surface area contributed by atoms with Crippen LogP contribution in [0.5, 0.6) is 5.75 Å². The van der Waals surface area contributed by atoms with Crippen LogP contribution in [0.4, 0.5) is 18.0 Å². The van der Waals surface area contributed by atoms with Crippen molar-refractivity contribution in [2.75, 3.05) is 0 Å². The van der Waals surface area contributed by atoms with E-state index < -0.39 is 24.2 Å². The van der Waals surface area contributed by atoms with Gasteiger partial charge in [0, 0.05) is 10.0 Å². The van der Waals surface area contributed by atoms with Gasteiger partial charge in [-0.1, -0.05) is 36.7 Å². The average Bonchev–Trinajstić information content (AvgIpc) is 2.33. The molecule has 23 heavy (non-hydrogen) atoms. The van der Waals surface area contributed by atoms with Crippen LogP contribution in [0.2, 0.25) is 0 Å². The van der Waals surface area contributed by atoms with Crippen molar-refractivity contribution >= 4 is 28.2 Å². The van der Waals surface area contributed by atoms with Crippen molar-refractivity contribution in [1.29, 1.82) is 0 Å². The lowest BCUT2D eigenvalue weighted by molar-refractivity contribution is -0.191. The summed E-state index contributed by atoms with van der Waals surface area (Å²) in [5.41, 5.74) is 0.766. The number of rotatable bonds is 1. The second-order valence-electron chi connectivity index (χ2n) is 6.07. The van der Waals surface area contributed by atoms with Gasteiger partial charge in [0.25, 0.3) is 6.10 Å². The first-order valence-corrected chi connectivity index (χ1v) is 7.38. The Kier molecular flexibility index (Phi) is 4.40. The van der Waals surface area contributed by atoms with E-state index in [1.807, 2.05) is 20.8 Å². The largest absolute Gasteiger partial charge is 0.511 e. The molecule has 0 saturated carbocycles. The molecule has 1 aliphatic rings. The molecule has 0 bridgehead atoms. The van der Waals surface area contributed by atoms with Gasteiger partial charge in [-0.25, -0.2) is 4.79 Å². The fourth-order valence-electron chi connectivity index (χ4n) is 2.18. The molecule has 2 rings (SSSR count). The lowest BCUT2D eigenvalue weighted by atomic mass is 9.86. The molecule has 0 amide bonds. The molecule has 0 aromatic heterocycles. The first-order valence-electron chi connectivity index (χ1n) is 6.59. The molecule has 0 radical (unpaired) electrons. The normalized spacial score (nSPS) is 17.9. The minimum atomic E-state index is -4.80. The molecule has 1 aromatic carbocycles. The fourth-order valence-corrected chi connectivity index (χ4v) is 3.14. The van der Waals surface area contributed by atoms with E-state index in [1.165, 1.54) is 6.07 Å². The van der Waals surface area contributed by atoms with Gasteiger partial charge in [-0.15, -0.1) is 0 Å². The molecule has 8 heteroatoms. The Morgan fingerprint density at radius 2 is 1.91 bits per heavy atom. The molecular weight excluding hydrogens is 381 g/mol. The van der Waals surface area contributed by atoms with Crippen molar-refractivity contribution in [1.82, 2.24) is 0 Å². The first kappa shape index (κ1) is 17.7. The van der Waals surface area contributed by atoms with Crippen LogP contribution < -0.4 is 4.74 Å². The number of halogens is 4. The van der Waals surface area contributed by atoms with Crippen molar-refractivity contribution < 1.29 is 32.5 Å². The van der Waals surface area contributed by atoms with Gasteiger partial charge in [-0.05, 0) is 29.2 Å². The molecule has 0 spiro atoms. The van der Waals surface area contributed by atoms with Gasteiger partial charge in [-0.2, -0.15) is 13.2 Å². The maximum atomic E-state index is 13.1. The lowest BCUT2D eigenvalue weighted by Crippen LogP contribution is -2.39. The van der Waals surface area contributed by atoms with E-state index >= 15 is 0 Å². The quantitative estimate of drug-likeness (QED) is 0.672. The number of ether oxygens (including phenoxy) is 2. The number of carboxylic acid groups (broad SMARTS) is 1. The predicted molar refractivity (Wildman–Crippen MR) is 80.4 cm³/mol. The summed E-state index contributed by atoms with van der Waals surface area (Å²) in [4.78, 5) is 10.6. The van der Waals surface area contributed by atoms with Crippen LogP contribution in [0, 0.1) is 0 Å². The van der Waals surface area contributed by atoms with Gasteiger partial charge in [-0.3, -0.25) is 0 Å². The van der Waals surface area contributed by atoms with Crippen LogP contribution in [-0.4, -0.2) is 23.5 Å². The van der Waals surface area contributed by atoms with Gasteiger partial charge >= 0.3 is 12.3 Å². The number of alkyl halides is 3. The van der Waals surface area contributed by atoms with E-state index in [0.717, 1.165) is 11.6 Å². The molecule has 1 N–H and O–H groups in total. The Morgan fingerprint density at radius 1 is 1.30 bits per heavy atom. The SMILES string of the molecule is CC(C)(C)c1cc2c(cc1Br)C=C(OC(=O)O)C(C(F)(F)F)O2. The smallest absolute Gasteiger partial charge is 0.472 e. The molecule has 1 aromatic rings. The lowest BCUT2D eigenvalue weighted by Gasteiger charge is -2.29. The summed E-state index contributed by atoms with van der Waals surface area (Å²) in [6, 6.07) is 3.10. The summed E-state index contributed by atoms with van der Waals surface area (Å²) in [6.45, 7) is 5.75. The summed E-state index contributed by atoms with van der Waals surface area (Å²) in [7, 11) is 0. The molecule has 1 heterocycles. The molecule has 1 unspecified atom stereocenters. The van der Waals surface area contributed by atoms with Crippen LogP contribution in [0.15, 0.2) is 22.4 Å². The summed E-state index contributed by atoms with van der Waals surface area (Å²) in [5, 5.41) is 8.61. The highest BCUT2D eigenvalue weighted by Crippen LogP contribution is 2.42. The molecule has 0 saturated heterocycles. The second-order valence-corrected chi connectivity index (χ2v) is 6.93. The summed E-state index contributed by atoms with van der Waals surface area (Å²) in [5.74, 6) is -0.786. The zero-order valence-electron chi connectivity index (χ0n) is 12.5. The number of hydrogen-bond donors (Lipinski definition) is 1. The van der Waals surface area contributed by atoms with E-state index in [9.17, 15) is 18.0 Å². The maximum Gasteiger partial charge on any atom is 0.511 e. The van der Waals surface area contributed by atoms with Crippen LogP contribution in [0.25, 0.3) is 6.08 Å². The standard InChI is InChI=1S/C15H14BrF3O4/c1-14(2,3)8-6-10-7(4-9(8)16)5-11(23-13(20)21)12(22-10)15(17,18)19/h4-6,12H,1-3H3,(H,20,21). The number of benzene rings is 1. The zero-order chi connectivity index (χ0) is 17.6. The van der Waals surface area contributed by atoms with E-state index in [-0.39, 0.29) is 11.2 Å². The Labute approximate surface area is 139 Å². The van der Waals surface area contributed by atoms with Gasteiger partial charge in [0.15, 0.2) is 5.76 Å². The van der Waals surface area contributed by atoms with Crippen LogP contribution in [0.3, 0.4) is 0 Å². The van der Waals surface area contributed by atoms with Gasteiger partial charge < -0.3 is 14.6 Å². The van der Waals surface area contributed by atoms with Crippen molar-refractivity contribution in [3.05, 3.63) is 33.5 Å². The summed E-state index contributed by atoms with van der Waals surface area (Å²) in [6.07, 6.45) is -8.06. The van der Waals surface area contributed by atoms with E-state index in [0.29, 0.717) is 10.0 Å². The molecule has 0 fully saturated rings. The minimum absolute atomic E-state index is 0.0261. The third-order valence-electron chi connectivity index (χ3n) is 3.21. The van der Waals surface area contributed by atoms with E-state index in [1.54, 1.807) is 6.07 Å². The number of hydrogen-bond acceptors (Lipinski definition) is 3. The molecule has 4 nitrogen and oxygen atoms in total. The molecular formula is C15H14BrF3O4. The van der Waals surface area contributed by atoms with Crippen molar-refractivity contribution in [2.45, 2.75) is 38.5 Å². The predicted octanol–water partition coefficient (Wildman–Crippen LogP) is 5.11. The monoisotopic (exact) mass is 394 g/mol. The molecule has 0 aliphatic carbocycles. The van der Waals surface area contributed by atoms with Crippen molar-refractivity contribution in [3.63, 3.8) is 0 Å². The van der Waals surface area contributed by atoms with Crippen molar-refractivity contribution in [2.24, 2.45) is 0 Å². The third kappa shape index (κ3) is 3.80.